The van der Waals surface area contributed by atoms with E-state index in [1.807, 2.05) is 6.20 Å². The second-order valence-electron chi connectivity index (χ2n) is 8.51. The molecule has 3 aliphatic heterocycles. The molecule has 0 N–H and O–H groups in total. The van der Waals surface area contributed by atoms with Gasteiger partial charge in [0.15, 0.2) is 5.58 Å². The van der Waals surface area contributed by atoms with Crippen molar-refractivity contribution in [2.24, 2.45) is 0 Å². The Labute approximate surface area is 161 Å². The summed E-state index contributed by atoms with van der Waals surface area (Å²) in [6.07, 6.45) is 11.0. The molecule has 146 valence electrons. The smallest absolute Gasteiger partial charge is 0.299 e. The van der Waals surface area contributed by atoms with E-state index in [1.165, 1.54) is 63.7 Å². The van der Waals surface area contributed by atoms with Crippen molar-refractivity contribution < 1.29 is 4.42 Å². The maximum atomic E-state index is 6.14. The van der Waals surface area contributed by atoms with Gasteiger partial charge in [-0.2, -0.15) is 4.98 Å². The minimum Gasteiger partial charge on any atom is -0.422 e. The molecule has 0 spiro atoms. The zero-order chi connectivity index (χ0) is 18.2. The standard InChI is InChI=1S/C21H31N5O/c1-16-6-5-11-26(16)18-14-19-20(22-15-18)23-21(27-19)25-12-7-17(8-13-25)24-9-3-2-4-10-24/h14-17H,2-13H2,1H3/t16-/m1/s1. The van der Waals surface area contributed by atoms with Crippen LogP contribution < -0.4 is 9.80 Å². The lowest BCUT2D eigenvalue weighted by Crippen LogP contribution is -2.46. The fourth-order valence-corrected chi connectivity index (χ4v) is 5.11. The van der Waals surface area contributed by atoms with Crippen LogP contribution >= 0.6 is 0 Å². The molecule has 2 aromatic heterocycles. The quantitative estimate of drug-likeness (QED) is 0.823. The second-order valence-corrected chi connectivity index (χ2v) is 8.51. The van der Waals surface area contributed by atoms with Crippen LogP contribution in [0.15, 0.2) is 16.7 Å². The van der Waals surface area contributed by atoms with Gasteiger partial charge < -0.3 is 19.1 Å². The highest BCUT2D eigenvalue weighted by molar-refractivity contribution is 5.74. The summed E-state index contributed by atoms with van der Waals surface area (Å²) < 4.78 is 6.14. The highest BCUT2D eigenvalue weighted by Crippen LogP contribution is 2.30. The molecule has 6 heteroatoms. The first-order valence-electron chi connectivity index (χ1n) is 10.8. The summed E-state index contributed by atoms with van der Waals surface area (Å²) in [7, 11) is 0. The third kappa shape index (κ3) is 3.40. The highest BCUT2D eigenvalue weighted by Gasteiger charge is 2.28. The summed E-state index contributed by atoms with van der Waals surface area (Å²) >= 11 is 0. The average Bonchev–Trinajstić information content (AvgIpc) is 3.34. The predicted octanol–water partition coefficient (Wildman–Crippen LogP) is 3.67. The number of rotatable bonds is 3. The lowest BCUT2D eigenvalue weighted by atomic mass is 10.0. The van der Waals surface area contributed by atoms with Crippen molar-refractivity contribution in [3.8, 4) is 0 Å². The van der Waals surface area contributed by atoms with Crippen LogP contribution in [-0.4, -0.2) is 59.7 Å². The van der Waals surface area contributed by atoms with Crippen molar-refractivity contribution in [2.75, 3.05) is 42.5 Å². The molecule has 0 bridgehead atoms. The minimum atomic E-state index is 0.584. The predicted molar refractivity (Wildman–Crippen MR) is 109 cm³/mol. The van der Waals surface area contributed by atoms with Crippen LogP contribution in [0.3, 0.4) is 0 Å². The molecule has 3 fully saturated rings. The van der Waals surface area contributed by atoms with Gasteiger partial charge in [-0.3, -0.25) is 0 Å². The number of nitrogens with zero attached hydrogens (tertiary/aromatic N) is 5. The normalized spacial score (nSPS) is 25.6. The largest absolute Gasteiger partial charge is 0.422 e. The van der Waals surface area contributed by atoms with Crippen LogP contribution in [0.2, 0.25) is 0 Å². The molecule has 3 saturated heterocycles. The van der Waals surface area contributed by atoms with Gasteiger partial charge in [-0.05, 0) is 58.5 Å². The van der Waals surface area contributed by atoms with Crippen LogP contribution in [0.1, 0.15) is 51.9 Å². The van der Waals surface area contributed by atoms with E-state index in [0.717, 1.165) is 42.9 Å². The zero-order valence-corrected chi connectivity index (χ0v) is 16.4. The zero-order valence-electron chi connectivity index (χ0n) is 16.4. The molecule has 0 aliphatic carbocycles. The molecule has 1 atom stereocenters. The number of fused-ring (bicyclic) bond motifs is 1. The molecule has 5 rings (SSSR count). The number of likely N-dealkylation sites (tertiary alicyclic amines) is 1. The van der Waals surface area contributed by atoms with Gasteiger partial charge in [0.25, 0.3) is 6.01 Å². The molecular formula is C21H31N5O. The fraction of sp³-hybridized carbons (Fsp3) is 0.714. The Kier molecular flexibility index (Phi) is 4.68. The molecule has 6 nitrogen and oxygen atoms in total. The van der Waals surface area contributed by atoms with Crippen molar-refractivity contribution in [1.29, 1.82) is 0 Å². The number of anilines is 2. The van der Waals surface area contributed by atoms with Gasteiger partial charge >= 0.3 is 0 Å². The summed E-state index contributed by atoms with van der Waals surface area (Å²) in [5.74, 6) is 0. The van der Waals surface area contributed by atoms with Crippen LogP contribution in [0.4, 0.5) is 11.7 Å². The van der Waals surface area contributed by atoms with Gasteiger partial charge in [0, 0.05) is 37.8 Å². The molecule has 0 saturated carbocycles. The van der Waals surface area contributed by atoms with Gasteiger partial charge in [-0.1, -0.05) is 6.42 Å². The number of hydrogen-bond acceptors (Lipinski definition) is 6. The Balaban J connectivity index is 1.28. The SMILES string of the molecule is C[C@@H]1CCCN1c1cnc2nc(N3CCC(N4CCCCC4)CC3)oc2c1. The van der Waals surface area contributed by atoms with Crippen molar-refractivity contribution in [2.45, 2.75) is 64.0 Å². The van der Waals surface area contributed by atoms with Crippen LogP contribution in [0, 0.1) is 0 Å². The van der Waals surface area contributed by atoms with E-state index in [9.17, 15) is 0 Å². The van der Waals surface area contributed by atoms with Crippen LogP contribution in [-0.2, 0) is 0 Å². The minimum absolute atomic E-state index is 0.584. The van der Waals surface area contributed by atoms with E-state index < -0.39 is 0 Å². The fourth-order valence-electron chi connectivity index (χ4n) is 5.11. The van der Waals surface area contributed by atoms with Crippen molar-refractivity contribution >= 4 is 22.9 Å². The van der Waals surface area contributed by atoms with Crippen LogP contribution in [0.5, 0.6) is 0 Å². The third-order valence-corrected chi connectivity index (χ3v) is 6.75. The lowest BCUT2D eigenvalue weighted by Gasteiger charge is -2.39. The molecule has 0 amide bonds. The van der Waals surface area contributed by atoms with Crippen molar-refractivity contribution in [3.63, 3.8) is 0 Å². The number of piperidine rings is 2. The maximum absolute atomic E-state index is 6.14. The Morgan fingerprint density at radius 3 is 2.52 bits per heavy atom. The molecule has 0 aromatic carbocycles. The molecule has 0 radical (unpaired) electrons. The van der Waals surface area contributed by atoms with Gasteiger partial charge in [-0.25, -0.2) is 4.98 Å². The Hall–Kier alpha value is -1.82. The van der Waals surface area contributed by atoms with E-state index in [2.05, 4.69) is 37.7 Å². The van der Waals surface area contributed by atoms with Gasteiger partial charge in [0.1, 0.15) is 0 Å². The first-order valence-corrected chi connectivity index (χ1v) is 10.8. The van der Waals surface area contributed by atoms with Crippen LogP contribution in [0.25, 0.3) is 11.2 Å². The first kappa shape index (κ1) is 17.3. The molecule has 2 aromatic rings. The number of aromatic nitrogens is 2. The number of oxazole rings is 1. The molecule has 3 aliphatic rings. The van der Waals surface area contributed by atoms with Crippen molar-refractivity contribution in [3.05, 3.63) is 12.3 Å². The van der Waals surface area contributed by atoms with E-state index in [-0.39, 0.29) is 0 Å². The monoisotopic (exact) mass is 369 g/mol. The number of hydrogen-bond donors (Lipinski definition) is 0. The summed E-state index contributed by atoms with van der Waals surface area (Å²) in [4.78, 5) is 16.7. The second kappa shape index (κ2) is 7.30. The Morgan fingerprint density at radius 1 is 0.963 bits per heavy atom. The molecule has 0 unspecified atom stereocenters. The first-order chi connectivity index (χ1) is 13.3. The van der Waals surface area contributed by atoms with Gasteiger partial charge in [0.05, 0.1) is 11.9 Å². The Morgan fingerprint density at radius 2 is 1.78 bits per heavy atom. The topological polar surface area (TPSA) is 48.6 Å². The van der Waals surface area contributed by atoms with Crippen molar-refractivity contribution in [1.82, 2.24) is 14.9 Å². The lowest BCUT2D eigenvalue weighted by molar-refractivity contribution is 0.140. The molecule has 27 heavy (non-hydrogen) atoms. The highest BCUT2D eigenvalue weighted by atomic mass is 16.4. The number of pyridine rings is 1. The van der Waals surface area contributed by atoms with Gasteiger partial charge in [-0.15, -0.1) is 0 Å². The average molecular weight is 370 g/mol. The summed E-state index contributed by atoms with van der Waals surface area (Å²) in [5.41, 5.74) is 2.72. The summed E-state index contributed by atoms with van der Waals surface area (Å²) in [6, 6.07) is 4.20. The maximum Gasteiger partial charge on any atom is 0.299 e. The summed E-state index contributed by atoms with van der Waals surface area (Å²) in [6.45, 7) is 8.03. The van der Waals surface area contributed by atoms with E-state index >= 15 is 0 Å². The molecule has 5 heterocycles. The molecular weight excluding hydrogens is 338 g/mol. The van der Waals surface area contributed by atoms with E-state index in [1.54, 1.807) is 0 Å². The van der Waals surface area contributed by atoms with E-state index in [0.29, 0.717) is 6.04 Å². The Bertz CT molecular complexity index is 776. The van der Waals surface area contributed by atoms with E-state index in [4.69, 9.17) is 4.42 Å². The van der Waals surface area contributed by atoms with Gasteiger partial charge in [0.2, 0.25) is 5.65 Å². The summed E-state index contributed by atoms with van der Waals surface area (Å²) in [5, 5.41) is 0. The third-order valence-electron chi connectivity index (χ3n) is 6.75.